The van der Waals surface area contributed by atoms with Gasteiger partial charge in [0, 0.05) is 18.9 Å². The molecule has 0 amide bonds. The summed E-state index contributed by atoms with van der Waals surface area (Å²) < 4.78 is 0. The lowest BCUT2D eigenvalue weighted by Gasteiger charge is -2.22. The molecule has 0 bridgehead atoms. The van der Waals surface area contributed by atoms with Crippen LogP contribution in [0.25, 0.3) is 0 Å². The average Bonchev–Trinajstić information content (AvgIpc) is 2.38. The summed E-state index contributed by atoms with van der Waals surface area (Å²) >= 11 is 0. The minimum atomic E-state index is -0.972. The Hall–Kier alpha value is -2.36. The maximum Gasteiger partial charge on any atom is 0.339 e. The number of rotatable bonds is 3. The summed E-state index contributed by atoms with van der Waals surface area (Å²) in [5.74, 6) is -0.526. The standard InChI is InChI=1S/C15H16N2O2/c1-10-6-7-13(11(2)9-10)17(3)14-12(15(18)19)5-4-8-16-14/h4-9H,1-3H3,(H,18,19). The van der Waals surface area contributed by atoms with E-state index in [4.69, 9.17) is 0 Å². The molecular formula is C15H16N2O2. The number of carboxylic acids is 1. The Morgan fingerprint density at radius 3 is 2.63 bits per heavy atom. The first-order valence-electron chi connectivity index (χ1n) is 6.00. The van der Waals surface area contributed by atoms with Crippen LogP contribution in [0.2, 0.25) is 0 Å². The van der Waals surface area contributed by atoms with Crippen molar-refractivity contribution in [2.75, 3.05) is 11.9 Å². The molecule has 0 radical (unpaired) electrons. The number of pyridine rings is 1. The normalized spacial score (nSPS) is 10.3. The van der Waals surface area contributed by atoms with Gasteiger partial charge < -0.3 is 10.0 Å². The van der Waals surface area contributed by atoms with Crippen molar-refractivity contribution in [2.45, 2.75) is 13.8 Å². The van der Waals surface area contributed by atoms with Crippen molar-refractivity contribution >= 4 is 17.5 Å². The monoisotopic (exact) mass is 256 g/mol. The second kappa shape index (κ2) is 5.10. The Morgan fingerprint density at radius 1 is 1.26 bits per heavy atom. The van der Waals surface area contributed by atoms with Gasteiger partial charge in [-0.2, -0.15) is 0 Å². The van der Waals surface area contributed by atoms with E-state index in [0.717, 1.165) is 11.3 Å². The fraction of sp³-hybridized carbons (Fsp3) is 0.200. The number of carbonyl (C=O) groups is 1. The van der Waals surface area contributed by atoms with E-state index in [1.807, 2.05) is 33.0 Å². The molecule has 0 aliphatic heterocycles. The molecule has 0 unspecified atom stereocenters. The molecule has 98 valence electrons. The lowest BCUT2D eigenvalue weighted by Crippen LogP contribution is -2.16. The van der Waals surface area contributed by atoms with Crippen molar-refractivity contribution in [3.05, 3.63) is 53.2 Å². The molecule has 1 heterocycles. The first kappa shape index (κ1) is 13.1. The second-order valence-electron chi connectivity index (χ2n) is 4.53. The molecule has 2 rings (SSSR count). The van der Waals surface area contributed by atoms with E-state index in [-0.39, 0.29) is 5.56 Å². The third-order valence-electron chi connectivity index (χ3n) is 3.05. The van der Waals surface area contributed by atoms with Crippen LogP contribution in [0, 0.1) is 13.8 Å². The van der Waals surface area contributed by atoms with Crippen LogP contribution >= 0.6 is 0 Å². The second-order valence-corrected chi connectivity index (χ2v) is 4.53. The lowest BCUT2D eigenvalue weighted by atomic mass is 10.1. The molecule has 1 N–H and O–H groups in total. The molecule has 0 spiro atoms. The Kier molecular flexibility index (Phi) is 3.51. The van der Waals surface area contributed by atoms with E-state index >= 15 is 0 Å². The highest BCUT2D eigenvalue weighted by molar-refractivity contribution is 5.94. The van der Waals surface area contributed by atoms with Gasteiger partial charge in [-0.25, -0.2) is 9.78 Å². The summed E-state index contributed by atoms with van der Waals surface area (Å²) in [4.78, 5) is 17.2. The summed E-state index contributed by atoms with van der Waals surface area (Å²) in [5.41, 5.74) is 3.41. The van der Waals surface area contributed by atoms with Crippen molar-refractivity contribution in [1.82, 2.24) is 4.98 Å². The molecule has 0 saturated carbocycles. The third-order valence-corrected chi connectivity index (χ3v) is 3.05. The zero-order valence-corrected chi connectivity index (χ0v) is 11.2. The van der Waals surface area contributed by atoms with Crippen LogP contribution in [0.3, 0.4) is 0 Å². The topological polar surface area (TPSA) is 53.4 Å². The largest absolute Gasteiger partial charge is 0.478 e. The summed E-state index contributed by atoms with van der Waals surface area (Å²) in [7, 11) is 1.83. The molecule has 4 nitrogen and oxygen atoms in total. The minimum absolute atomic E-state index is 0.199. The number of anilines is 2. The molecule has 1 aromatic carbocycles. The fourth-order valence-electron chi connectivity index (χ4n) is 2.13. The van der Waals surface area contributed by atoms with E-state index < -0.39 is 5.97 Å². The first-order valence-corrected chi connectivity index (χ1v) is 6.00. The highest BCUT2D eigenvalue weighted by atomic mass is 16.4. The maximum absolute atomic E-state index is 11.2. The molecule has 4 heteroatoms. The Bertz CT molecular complexity index is 623. The van der Waals surface area contributed by atoms with Gasteiger partial charge in [0.1, 0.15) is 11.4 Å². The minimum Gasteiger partial charge on any atom is -0.478 e. The zero-order chi connectivity index (χ0) is 14.0. The highest BCUT2D eigenvalue weighted by Crippen LogP contribution is 2.28. The number of nitrogens with zero attached hydrogens (tertiary/aromatic N) is 2. The van der Waals surface area contributed by atoms with Crippen molar-refractivity contribution in [2.24, 2.45) is 0 Å². The van der Waals surface area contributed by atoms with Crippen LogP contribution in [0.15, 0.2) is 36.5 Å². The van der Waals surface area contributed by atoms with E-state index in [9.17, 15) is 9.90 Å². The maximum atomic E-state index is 11.2. The Morgan fingerprint density at radius 2 is 2.00 bits per heavy atom. The van der Waals surface area contributed by atoms with E-state index in [0.29, 0.717) is 5.82 Å². The number of hydrogen-bond donors (Lipinski definition) is 1. The van der Waals surface area contributed by atoms with Gasteiger partial charge in [-0.15, -0.1) is 0 Å². The van der Waals surface area contributed by atoms with Crippen molar-refractivity contribution in [3.63, 3.8) is 0 Å². The van der Waals surface area contributed by atoms with Gasteiger partial charge in [0.15, 0.2) is 0 Å². The van der Waals surface area contributed by atoms with E-state index in [2.05, 4.69) is 11.1 Å². The molecule has 0 atom stereocenters. The van der Waals surface area contributed by atoms with Crippen molar-refractivity contribution in [1.29, 1.82) is 0 Å². The van der Waals surface area contributed by atoms with Gasteiger partial charge in [-0.3, -0.25) is 0 Å². The van der Waals surface area contributed by atoms with E-state index in [1.165, 1.54) is 5.56 Å². The molecule has 0 saturated heterocycles. The van der Waals surface area contributed by atoms with Crippen LogP contribution in [-0.4, -0.2) is 23.1 Å². The number of carboxylic acid groups (broad SMARTS) is 1. The predicted molar refractivity (Wildman–Crippen MR) is 75.2 cm³/mol. The summed E-state index contributed by atoms with van der Waals surface area (Å²) in [6.07, 6.45) is 1.60. The van der Waals surface area contributed by atoms with Gasteiger partial charge in [-0.1, -0.05) is 17.7 Å². The molecule has 0 fully saturated rings. The van der Waals surface area contributed by atoms with Crippen molar-refractivity contribution in [3.8, 4) is 0 Å². The Labute approximate surface area is 112 Å². The Balaban J connectivity index is 2.50. The zero-order valence-electron chi connectivity index (χ0n) is 11.2. The SMILES string of the molecule is Cc1ccc(N(C)c2ncccc2C(=O)O)c(C)c1. The molecular weight excluding hydrogens is 240 g/mol. The molecule has 0 aliphatic rings. The number of aromatic nitrogens is 1. The van der Waals surface area contributed by atoms with Crippen LogP contribution in [0.5, 0.6) is 0 Å². The van der Waals surface area contributed by atoms with Crippen molar-refractivity contribution < 1.29 is 9.90 Å². The quantitative estimate of drug-likeness (QED) is 0.916. The van der Waals surface area contributed by atoms with E-state index in [1.54, 1.807) is 23.2 Å². The lowest BCUT2D eigenvalue weighted by molar-refractivity contribution is 0.0697. The average molecular weight is 256 g/mol. The molecule has 2 aromatic rings. The predicted octanol–water partition coefficient (Wildman–Crippen LogP) is 3.16. The number of aryl methyl sites for hydroxylation is 2. The van der Waals surface area contributed by atoms with Gasteiger partial charge in [0.05, 0.1) is 0 Å². The van der Waals surface area contributed by atoms with Crippen LogP contribution < -0.4 is 4.90 Å². The smallest absolute Gasteiger partial charge is 0.339 e. The van der Waals surface area contributed by atoms with Gasteiger partial charge >= 0.3 is 5.97 Å². The van der Waals surface area contributed by atoms with Gasteiger partial charge in [-0.05, 0) is 37.6 Å². The number of aromatic carboxylic acids is 1. The van der Waals surface area contributed by atoms with Crippen LogP contribution in [-0.2, 0) is 0 Å². The molecule has 19 heavy (non-hydrogen) atoms. The summed E-state index contributed by atoms with van der Waals surface area (Å²) in [6, 6.07) is 9.23. The summed E-state index contributed by atoms with van der Waals surface area (Å²) in [6.45, 7) is 4.03. The third kappa shape index (κ3) is 2.57. The number of hydrogen-bond acceptors (Lipinski definition) is 3. The first-order chi connectivity index (χ1) is 9.00. The molecule has 0 aliphatic carbocycles. The van der Waals surface area contributed by atoms with Crippen LogP contribution in [0.4, 0.5) is 11.5 Å². The van der Waals surface area contributed by atoms with Gasteiger partial charge in [0.2, 0.25) is 0 Å². The number of benzene rings is 1. The fourth-order valence-corrected chi connectivity index (χ4v) is 2.13. The molecule has 1 aromatic heterocycles. The summed E-state index contributed by atoms with van der Waals surface area (Å²) in [5, 5.41) is 9.21. The highest BCUT2D eigenvalue weighted by Gasteiger charge is 2.16. The van der Waals surface area contributed by atoms with Gasteiger partial charge in [0.25, 0.3) is 0 Å². The van der Waals surface area contributed by atoms with Crippen LogP contribution in [0.1, 0.15) is 21.5 Å².